The molecule has 0 heterocycles. The number of carbonyl (C=O) groups excluding carboxylic acids is 1. The van der Waals surface area contributed by atoms with Crippen LogP contribution in [0.3, 0.4) is 0 Å². The molecule has 1 rings (SSSR count). The van der Waals surface area contributed by atoms with Crippen LogP contribution in [0.1, 0.15) is 12.8 Å². The molecule has 0 saturated heterocycles. The third kappa shape index (κ3) is 8.00. The number of para-hydroxylation sites is 1. The Morgan fingerprint density at radius 2 is 1.36 bits per heavy atom. The average Bonchev–Trinajstić information content (AvgIpc) is 2.46. The number of benzene rings is 1. The molecule has 0 aliphatic carbocycles. The van der Waals surface area contributed by atoms with Crippen LogP contribution in [0.2, 0.25) is 0 Å². The molecule has 0 fully saturated rings. The van der Waals surface area contributed by atoms with Crippen molar-refractivity contribution in [1.29, 1.82) is 0 Å². The van der Waals surface area contributed by atoms with E-state index in [0.717, 1.165) is 44.7 Å². The van der Waals surface area contributed by atoms with Crippen LogP contribution in [0.15, 0.2) is 30.3 Å². The molecule has 0 saturated carbocycles. The lowest BCUT2D eigenvalue weighted by Crippen LogP contribution is -2.38. The Morgan fingerprint density at radius 3 is 1.82 bits per heavy atom. The number of nitrogens with zero attached hydrogens (tertiary/aromatic N) is 3. The Morgan fingerprint density at radius 1 is 0.864 bits per heavy atom. The Labute approximate surface area is 134 Å². The van der Waals surface area contributed by atoms with Crippen LogP contribution in [0.25, 0.3) is 0 Å². The van der Waals surface area contributed by atoms with E-state index >= 15 is 0 Å². The molecule has 0 bridgehead atoms. The number of amides is 2. The van der Waals surface area contributed by atoms with Gasteiger partial charge in [0, 0.05) is 18.8 Å². The van der Waals surface area contributed by atoms with Crippen molar-refractivity contribution in [2.24, 2.45) is 0 Å². The van der Waals surface area contributed by atoms with Crippen LogP contribution in [0.5, 0.6) is 0 Å². The monoisotopic (exact) mass is 306 g/mol. The number of rotatable bonds is 9. The normalized spacial score (nSPS) is 11.0. The number of hydrogen-bond donors (Lipinski definition) is 1. The minimum Gasteiger partial charge on any atom is -0.324 e. The van der Waals surface area contributed by atoms with Crippen molar-refractivity contribution < 1.29 is 4.79 Å². The van der Waals surface area contributed by atoms with E-state index in [1.165, 1.54) is 0 Å². The van der Waals surface area contributed by atoms with Gasteiger partial charge in [0.25, 0.3) is 0 Å². The van der Waals surface area contributed by atoms with Crippen LogP contribution >= 0.6 is 0 Å². The van der Waals surface area contributed by atoms with E-state index in [4.69, 9.17) is 0 Å². The van der Waals surface area contributed by atoms with Gasteiger partial charge < -0.3 is 20.0 Å². The molecule has 0 atom stereocenters. The quantitative estimate of drug-likeness (QED) is 0.761. The summed E-state index contributed by atoms with van der Waals surface area (Å²) in [6, 6.07) is 9.62. The maximum absolute atomic E-state index is 12.5. The van der Waals surface area contributed by atoms with E-state index in [2.05, 4.69) is 43.3 Å². The zero-order chi connectivity index (χ0) is 16.4. The first-order valence-corrected chi connectivity index (χ1v) is 7.89. The SMILES string of the molecule is CN(C)CCCN(CCCN(C)C)C(=O)Nc1ccccc1. The largest absolute Gasteiger partial charge is 0.324 e. The number of hydrogen-bond acceptors (Lipinski definition) is 3. The van der Waals surface area contributed by atoms with Crippen molar-refractivity contribution in [3.63, 3.8) is 0 Å². The molecular weight excluding hydrogens is 276 g/mol. The summed E-state index contributed by atoms with van der Waals surface area (Å²) in [4.78, 5) is 18.7. The molecule has 0 spiro atoms. The second-order valence-electron chi connectivity index (χ2n) is 6.10. The van der Waals surface area contributed by atoms with Gasteiger partial charge in [0.2, 0.25) is 0 Å². The van der Waals surface area contributed by atoms with Gasteiger partial charge in [-0.3, -0.25) is 0 Å². The summed E-state index contributed by atoms with van der Waals surface area (Å²) >= 11 is 0. The Bertz CT molecular complexity index is 406. The summed E-state index contributed by atoms with van der Waals surface area (Å²) in [5.41, 5.74) is 0.845. The molecule has 1 N–H and O–H groups in total. The van der Waals surface area contributed by atoms with Crippen LogP contribution in [0, 0.1) is 0 Å². The minimum atomic E-state index is -0.0105. The van der Waals surface area contributed by atoms with Crippen molar-refractivity contribution in [3.8, 4) is 0 Å². The fourth-order valence-corrected chi connectivity index (χ4v) is 2.19. The summed E-state index contributed by atoms with van der Waals surface area (Å²) in [7, 11) is 8.22. The van der Waals surface area contributed by atoms with Crippen molar-refractivity contribution >= 4 is 11.7 Å². The molecule has 0 unspecified atom stereocenters. The number of carbonyl (C=O) groups is 1. The predicted molar refractivity (Wildman–Crippen MR) is 93.4 cm³/mol. The zero-order valence-corrected chi connectivity index (χ0v) is 14.4. The first-order valence-electron chi connectivity index (χ1n) is 7.89. The molecule has 0 aliphatic heterocycles. The van der Waals surface area contributed by atoms with Crippen molar-refractivity contribution in [2.45, 2.75) is 12.8 Å². The maximum Gasteiger partial charge on any atom is 0.321 e. The van der Waals surface area contributed by atoms with Gasteiger partial charge in [-0.25, -0.2) is 4.79 Å². The maximum atomic E-state index is 12.5. The van der Waals surface area contributed by atoms with Gasteiger partial charge in [0.05, 0.1) is 0 Å². The molecule has 0 aliphatic rings. The fraction of sp³-hybridized carbons (Fsp3) is 0.588. The summed E-state index contributed by atoms with van der Waals surface area (Å²) < 4.78 is 0. The van der Waals surface area contributed by atoms with Crippen molar-refractivity contribution in [1.82, 2.24) is 14.7 Å². The molecule has 0 radical (unpaired) electrons. The van der Waals surface area contributed by atoms with E-state index in [1.807, 2.05) is 35.2 Å². The lowest BCUT2D eigenvalue weighted by atomic mass is 10.3. The predicted octanol–water partition coefficient (Wildman–Crippen LogP) is 2.42. The van der Waals surface area contributed by atoms with Crippen LogP contribution < -0.4 is 5.32 Å². The molecular formula is C17H30N4O. The third-order valence-corrected chi connectivity index (χ3v) is 3.38. The smallest absolute Gasteiger partial charge is 0.321 e. The van der Waals surface area contributed by atoms with E-state index in [1.54, 1.807) is 0 Å². The highest BCUT2D eigenvalue weighted by Gasteiger charge is 2.13. The Hall–Kier alpha value is -1.59. The van der Waals surface area contributed by atoms with Crippen molar-refractivity contribution in [2.75, 3.05) is 59.7 Å². The second kappa shape index (κ2) is 10.2. The number of nitrogens with one attached hydrogen (secondary N) is 1. The molecule has 1 aromatic carbocycles. The van der Waals surface area contributed by atoms with E-state index in [0.29, 0.717) is 0 Å². The summed E-state index contributed by atoms with van der Waals surface area (Å²) in [6.07, 6.45) is 1.97. The highest BCUT2D eigenvalue weighted by atomic mass is 16.2. The lowest BCUT2D eigenvalue weighted by molar-refractivity contribution is 0.205. The average molecular weight is 306 g/mol. The summed E-state index contributed by atoms with van der Waals surface area (Å²) in [6.45, 7) is 3.54. The van der Waals surface area contributed by atoms with Gasteiger partial charge in [0.1, 0.15) is 0 Å². The van der Waals surface area contributed by atoms with Gasteiger partial charge in [0.15, 0.2) is 0 Å². The van der Waals surface area contributed by atoms with E-state index < -0.39 is 0 Å². The molecule has 0 aromatic heterocycles. The molecule has 5 nitrogen and oxygen atoms in total. The Kier molecular flexibility index (Phi) is 8.55. The van der Waals surface area contributed by atoms with E-state index in [9.17, 15) is 4.79 Å². The molecule has 2 amide bonds. The van der Waals surface area contributed by atoms with Crippen LogP contribution in [0.4, 0.5) is 10.5 Å². The summed E-state index contributed by atoms with van der Waals surface area (Å²) in [5, 5.41) is 2.98. The Balaban J connectivity index is 2.52. The van der Waals surface area contributed by atoms with E-state index in [-0.39, 0.29) is 6.03 Å². The van der Waals surface area contributed by atoms with Crippen LogP contribution in [-0.2, 0) is 0 Å². The van der Waals surface area contributed by atoms with Gasteiger partial charge in [-0.2, -0.15) is 0 Å². The number of urea groups is 1. The molecule has 124 valence electrons. The molecule has 1 aromatic rings. The third-order valence-electron chi connectivity index (χ3n) is 3.38. The van der Waals surface area contributed by atoms with Gasteiger partial charge in [-0.1, -0.05) is 18.2 Å². The standard InChI is InChI=1S/C17H30N4O/c1-19(2)12-8-14-21(15-9-13-20(3)4)17(22)18-16-10-6-5-7-11-16/h5-7,10-11H,8-9,12-15H2,1-4H3,(H,18,22). The molecule has 22 heavy (non-hydrogen) atoms. The fourth-order valence-electron chi connectivity index (χ4n) is 2.19. The van der Waals surface area contributed by atoms with Gasteiger partial charge in [-0.05, 0) is 66.3 Å². The first kappa shape index (κ1) is 18.5. The highest BCUT2D eigenvalue weighted by molar-refractivity contribution is 5.89. The summed E-state index contributed by atoms with van der Waals surface area (Å²) in [5.74, 6) is 0. The number of anilines is 1. The van der Waals surface area contributed by atoms with Gasteiger partial charge in [-0.15, -0.1) is 0 Å². The zero-order valence-electron chi connectivity index (χ0n) is 14.4. The minimum absolute atomic E-state index is 0.0105. The van der Waals surface area contributed by atoms with Crippen LogP contribution in [-0.4, -0.2) is 75.1 Å². The highest BCUT2D eigenvalue weighted by Crippen LogP contribution is 2.07. The lowest BCUT2D eigenvalue weighted by Gasteiger charge is -2.24. The van der Waals surface area contributed by atoms with Crippen molar-refractivity contribution in [3.05, 3.63) is 30.3 Å². The topological polar surface area (TPSA) is 38.8 Å². The first-order chi connectivity index (χ1) is 10.5. The second-order valence-corrected chi connectivity index (χ2v) is 6.10. The molecule has 5 heteroatoms. The van der Waals surface area contributed by atoms with Gasteiger partial charge >= 0.3 is 6.03 Å².